The number of fused-ring (bicyclic) bond motifs is 1. The van der Waals surface area contributed by atoms with Gasteiger partial charge in [0.25, 0.3) is 0 Å². The van der Waals surface area contributed by atoms with Crippen molar-refractivity contribution >= 4 is 16.9 Å². The molecule has 0 unspecified atom stereocenters. The lowest BCUT2D eigenvalue weighted by atomic mass is 10.1. The van der Waals surface area contributed by atoms with Gasteiger partial charge in [-0.25, -0.2) is 4.98 Å². The Bertz CT molecular complexity index is 1090. The highest BCUT2D eigenvalue weighted by Gasteiger charge is 2.12. The van der Waals surface area contributed by atoms with Crippen molar-refractivity contribution in [3.8, 4) is 11.5 Å². The van der Waals surface area contributed by atoms with Crippen LogP contribution in [0.4, 0.5) is 0 Å². The molecule has 0 atom stereocenters. The molecule has 1 aromatic heterocycles. The number of unbranched alkanes of at least 4 members (excludes halogenated alkanes) is 2. The lowest BCUT2D eigenvalue weighted by Crippen LogP contribution is -2.28. The van der Waals surface area contributed by atoms with Gasteiger partial charge < -0.3 is 19.4 Å². The Morgan fingerprint density at radius 2 is 1.97 bits per heavy atom. The summed E-state index contributed by atoms with van der Waals surface area (Å²) in [6, 6.07) is 14.2. The molecule has 0 spiro atoms. The van der Waals surface area contributed by atoms with Crippen molar-refractivity contribution in [2.24, 2.45) is 5.92 Å². The van der Waals surface area contributed by atoms with Crippen molar-refractivity contribution in [1.29, 1.82) is 0 Å². The number of rotatable bonds is 14. The summed E-state index contributed by atoms with van der Waals surface area (Å²) in [4.78, 5) is 16.6. The summed E-state index contributed by atoms with van der Waals surface area (Å²) in [5.74, 6) is 2.70. The van der Waals surface area contributed by atoms with Crippen molar-refractivity contribution < 1.29 is 14.3 Å². The van der Waals surface area contributed by atoms with Crippen LogP contribution < -0.4 is 14.8 Å². The lowest BCUT2D eigenvalue weighted by Gasteiger charge is -2.14. The second kappa shape index (κ2) is 12.8. The van der Waals surface area contributed by atoms with Crippen molar-refractivity contribution in [2.45, 2.75) is 52.5 Å². The molecular weight excluding hydrogens is 426 g/mol. The van der Waals surface area contributed by atoms with E-state index in [9.17, 15) is 4.79 Å². The van der Waals surface area contributed by atoms with Crippen molar-refractivity contribution in [3.63, 3.8) is 0 Å². The van der Waals surface area contributed by atoms with Crippen LogP contribution in [0.15, 0.2) is 55.1 Å². The molecule has 6 heteroatoms. The first-order chi connectivity index (χ1) is 16.5. The van der Waals surface area contributed by atoms with Gasteiger partial charge in [0.15, 0.2) is 11.5 Å². The molecule has 0 radical (unpaired) electrons. The minimum absolute atomic E-state index is 0.0344. The third kappa shape index (κ3) is 6.86. The molecule has 34 heavy (non-hydrogen) atoms. The standard InChI is InChI=1S/C28H37N3O3/c1-5-11-22-15-16-25(26(20-22)33-4)34-19-18-31-24-13-9-8-12-23(24)30-27(31)14-7-6-10-17-29-28(32)21(2)3/h5,8-9,12-13,15-16,20-21H,1,6-7,10-11,14,17-19H2,2-4H3,(H,29,32). The number of benzene rings is 2. The monoisotopic (exact) mass is 463 g/mol. The van der Waals surface area contributed by atoms with E-state index in [-0.39, 0.29) is 11.8 Å². The topological polar surface area (TPSA) is 65.4 Å². The molecule has 0 aliphatic rings. The number of carbonyl (C=O) groups is 1. The molecule has 0 fully saturated rings. The van der Waals surface area contributed by atoms with Gasteiger partial charge >= 0.3 is 0 Å². The summed E-state index contributed by atoms with van der Waals surface area (Å²) in [5, 5.41) is 2.99. The number of amides is 1. The maximum absolute atomic E-state index is 11.7. The van der Waals surface area contributed by atoms with Gasteiger partial charge in [0.2, 0.25) is 5.91 Å². The Kier molecular flexibility index (Phi) is 9.56. The average molecular weight is 464 g/mol. The maximum Gasteiger partial charge on any atom is 0.222 e. The summed E-state index contributed by atoms with van der Waals surface area (Å²) in [5.41, 5.74) is 3.28. The molecule has 3 rings (SSSR count). The third-order valence-corrected chi connectivity index (χ3v) is 5.81. The number of hydrogen-bond acceptors (Lipinski definition) is 4. The van der Waals surface area contributed by atoms with E-state index in [1.807, 2.05) is 50.3 Å². The van der Waals surface area contributed by atoms with E-state index < -0.39 is 0 Å². The largest absolute Gasteiger partial charge is 0.493 e. The van der Waals surface area contributed by atoms with Gasteiger partial charge in [-0.05, 0) is 49.1 Å². The third-order valence-electron chi connectivity index (χ3n) is 5.81. The summed E-state index contributed by atoms with van der Waals surface area (Å²) >= 11 is 0. The highest BCUT2D eigenvalue weighted by Crippen LogP contribution is 2.28. The molecule has 0 bridgehead atoms. The highest BCUT2D eigenvalue weighted by atomic mass is 16.5. The zero-order valence-corrected chi connectivity index (χ0v) is 20.7. The molecule has 0 saturated heterocycles. The summed E-state index contributed by atoms with van der Waals surface area (Å²) in [7, 11) is 1.66. The van der Waals surface area contributed by atoms with Gasteiger partial charge in [0.05, 0.1) is 24.7 Å². The van der Waals surface area contributed by atoms with Crippen LogP contribution in [0.3, 0.4) is 0 Å². The van der Waals surface area contributed by atoms with E-state index in [1.54, 1.807) is 7.11 Å². The smallest absolute Gasteiger partial charge is 0.222 e. The van der Waals surface area contributed by atoms with Crippen LogP contribution in [-0.2, 0) is 24.2 Å². The van der Waals surface area contributed by atoms with Crippen molar-refractivity contribution in [3.05, 3.63) is 66.5 Å². The quantitative estimate of drug-likeness (QED) is 0.259. The van der Waals surface area contributed by atoms with E-state index in [1.165, 1.54) is 0 Å². The maximum atomic E-state index is 11.7. The molecule has 1 heterocycles. The Morgan fingerprint density at radius 3 is 2.74 bits per heavy atom. The first-order valence-corrected chi connectivity index (χ1v) is 12.2. The highest BCUT2D eigenvalue weighted by molar-refractivity contribution is 5.77. The second-order valence-corrected chi connectivity index (χ2v) is 8.75. The van der Waals surface area contributed by atoms with E-state index >= 15 is 0 Å². The van der Waals surface area contributed by atoms with Crippen LogP contribution in [0.2, 0.25) is 0 Å². The lowest BCUT2D eigenvalue weighted by molar-refractivity contribution is -0.123. The van der Waals surface area contributed by atoms with Gasteiger partial charge in [-0.2, -0.15) is 0 Å². The fourth-order valence-corrected chi connectivity index (χ4v) is 3.94. The SMILES string of the molecule is C=CCc1ccc(OCCn2c(CCCCCNC(=O)C(C)C)nc3ccccc32)c(OC)c1. The number of allylic oxidation sites excluding steroid dienone is 1. The van der Waals surface area contributed by atoms with Gasteiger partial charge in [-0.15, -0.1) is 6.58 Å². The van der Waals surface area contributed by atoms with Crippen molar-refractivity contribution in [2.75, 3.05) is 20.3 Å². The number of imidazole rings is 1. The molecule has 0 aliphatic heterocycles. The number of nitrogens with one attached hydrogen (secondary N) is 1. The van der Waals surface area contributed by atoms with E-state index in [0.29, 0.717) is 13.2 Å². The molecule has 182 valence electrons. The fourth-order valence-electron chi connectivity index (χ4n) is 3.94. The number of methoxy groups -OCH3 is 1. The number of carbonyl (C=O) groups excluding carboxylic acids is 1. The van der Waals surface area contributed by atoms with Crippen LogP contribution in [0.25, 0.3) is 11.0 Å². The number of nitrogens with zero attached hydrogens (tertiary/aromatic N) is 2. The van der Waals surface area contributed by atoms with Gasteiger partial charge in [0, 0.05) is 18.9 Å². The molecule has 1 N–H and O–H groups in total. The van der Waals surface area contributed by atoms with Crippen LogP contribution in [0, 0.1) is 5.92 Å². The molecule has 0 saturated carbocycles. The number of aryl methyl sites for hydroxylation is 1. The predicted octanol–water partition coefficient (Wildman–Crippen LogP) is 5.34. The summed E-state index contributed by atoms with van der Waals surface area (Å²) in [6.07, 6.45) is 6.62. The fraction of sp³-hybridized carbons (Fsp3) is 0.429. The normalized spacial score (nSPS) is 11.1. The summed E-state index contributed by atoms with van der Waals surface area (Å²) < 4.78 is 13.9. The van der Waals surface area contributed by atoms with Crippen molar-refractivity contribution in [1.82, 2.24) is 14.9 Å². The number of ether oxygens (including phenoxy) is 2. The van der Waals surface area contributed by atoms with E-state index in [2.05, 4.69) is 28.6 Å². The summed E-state index contributed by atoms with van der Waals surface area (Å²) in [6.45, 7) is 9.58. The zero-order chi connectivity index (χ0) is 24.3. The van der Waals surface area contributed by atoms with E-state index in [4.69, 9.17) is 14.5 Å². The second-order valence-electron chi connectivity index (χ2n) is 8.75. The average Bonchev–Trinajstić information content (AvgIpc) is 3.19. The number of hydrogen-bond donors (Lipinski definition) is 1. The number of para-hydroxylation sites is 2. The minimum atomic E-state index is 0.0344. The molecule has 1 amide bonds. The molecule has 3 aromatic rings. The van der Waals surface area contributed by atoms with Crippen LogP contribution in [0.5, 0.6) is 11.5 Å². The molecule has 0 aliphatic carbocycles. The van der Waals surface area contributed by atoms with Crippen LogP contribution in [-0.4, -0.2) is 35.7 Å². The predicted molar refractivity (Wildman–Crippen MR) is 138 cm³/mol. The minimum Gasteiger partial charge on any atom is -0.493 e. The first-order valence-electron chi connectivity index (χ1n) is 12.2. The first kappa shape index (κ1) is 25.3. The van der Waals surface area contributed by atoms with Gasteiger partial charge in [-0.1, -0.05) is 44.5 Å². The van der Waals surface area contributed by atoms with Crippen LogP contribution in [0.1, 0.15) is 44.5 Å². The van der Waals surface area contributed by atoms with Crippen LogP contribution >= 0.6 is 0 Å². The molecule has 2 aromatic carbocycles. The number of aromatic nitrogens is 2. The van der Waals surface area contributed by atoms with Gasteiger partial charge in [-0.3, -0.25) is 4.79 Å². The Morgan fingerprint density at radius 1 is 1.15 bits per heavy atom. The van der Waals surface area contributed by atoms with E-state index in [0.717, 1.165) is 72.6 Å². The Hall–Kier alpha value is -3.28. The molecular formula is C28H37N3O3. The molecule has 6 nitrogen and oxygen atoms in total. The van der Waals surface area contributed by atoms with Gasteiger partial charge in [0.1, 0.15) is 12.4 Å². The Balaban J connectivity index is 1.58. The zero-order valence-electron chi connectivity index (χ0n) is 20.7. The Labute approximate surface area is 203 Å².